The summed E-state index contributed by atoms with van der Waals surface area (Å²) in [5.41, 5.74) is 0.151. The second-order valence-electron chi connectivity index (χ2n) is 5.26. The Kier molecular flexibility index (Phi) is 5.15. The number of hydrogen-bond donors (Lipinski definition) is 1. The van der Waals surface area contributed by atoms with E-state index < -0.39 is 0 Å². The molecular weight excluding hydrogens is 238 g/mol. The van der Waals surface area contributed by atoms with E-state index in [4.69, 9.17) is 16.7 Å². The van der Waals surface area contributed by atoms with Crippen molar-refractivity contribution in [2.45, 2.75) is 27.2 Å². The first-order valence-corrected chi connectivity index (χ1v) is 6.13. The Morgan fingerprint density at radius 3 is 2.35 bits per heavy atom. The zero-order valence-electron chi connectivity index (χ0n) is 10.6. The second-order valence-corrected chi connectivity index (χ2v) is 5.70. The zero-order valence-corrected chi connectivity index (χ0v) is 11.4. The molecule has 0 aromatic carbocycles. The van der Waals surface area contributed by atoms with E-state index in [9.17, 15) is 0 Å². The molecule has 0 atom stereocenters. The molecule has 0 bridgehead atoms. The molecule has 0 aliphatic carbocycles. The summed E-state index contributed by atoms with van der Waals surface area (Å²) in [7, 11) is 0. The minimum atomic E-state index is 0.151. The van der Waals surface area contributed by atoms with Gasteiger partial charge in [0, 0.05) is 19.7 Å². The Balaban J connectivity index is 2.78. The topological polar surface area (TPSA) is 49.2 Å². The first kappa shape index (κ1) is 14.2. The van der Waals surface area contributed by atoms with Gasteiger partial charge in [0.05, 0.1) is 17.4 Å². The number of aliphatic hydroxyl groups excluding tert-OH is 1. The third-order valence-electron chi connectivity index (χ3n) is 2.14. The van der Waals surface area contributed by atoms with E-state index in [2.05, 4.69) is 35.6 Å². The highest BCUT2D eigenvalue weighted by Gasteiger charge is 2.18. The van der Waals surface area contributed by atoms with Gasteiger partial charge < -0.3 is 10.0 Å². The Hall–Kier alpha value is -0.870. The minimum Gasteiger partial charge on any atom is -0.396 e. The molecule has 17 heavy (non-hydrogen) atoms. The van der Waals surface area contributed by atoms with Crippen molar-refractivity contribution in [3.8, 4) is 0 Å². The van der Waals surface area contributed by atoms with Crippen molar-refractivity contribution in [1.29, 1.82) is 0 Å². The summed E-state index contributed by atoms with van der Waals surface area (Å²) in [6, 6.07) is 0. The van der Waals surface area contributed by atoms with Crippen LogP contribution in [0.4, 0.5) is 5.95 Å². The molecule has 0 saturated heterocycles. The molecule has 0 aliphatic heterocycles. The van der Waals surface area contributed by atoms with E-state index in [0.29, 0.717) is 17.4 Å². The van der Waals surface area contributed by atoms with Crippen LogP contribution in [0.25, 0.3) is 0 Å². The lowest BCUT2D eigenvalue weighted by atomic mass is 9.96. The van der Waals surface area contributed by atoms with Gasteiger partial charge in [0.25, 0.3) is 0 Å². The molecule has 1 heterocycles. The number of nitrogens with zero attached hydrogens (tertiary/aromatic N) is 3. The summed E-state index contributed by atoms with van der Waals surface area (Å²) < 4.78 is 0. The van der Waals surface area contributed by atoms with Gasteiger partial charge >= 0.3 is 0 Å². The predicted molar refractivity (Wildman–Crippen MR) is 70.4 cm³/mol. The molecule has 4 nitrogen and oxygen atoms in total. The van der Waals surface area contributed by atoms with E-state index >= 15 is 0 Å². The fourth-order valence-electron chi connectivity index (χ4n) is 1.55. The average molecular weight is 258 g/mol. The summed E-state index contributed by atoms with van der Waals surface area (Å²) in [6.07, 6.45) is 3.90. The van der Waals surface area contributed by atoms with Crippen LogP contribution < -0.4 is 4.90 Å². The molecular formula is C12H20ClN3O. The van der Waals surface area contributed by atoms with Gasteiger partial charge in [-0.3, -0.25) is 0 Å². The van der Waals surface area contributed by atoms with Crippen LogP contribution in [-0.4, -0.2) is 34.8 Å². The van der Waals surface area contributed by atoms with Gasteiger partial charge in [0.2, 0.25) is 5.95 Å². The van der Waals surface area contributed by atoms with Crippen molar-refractivity contribution in [1.82, 2.24) is 9.97 Å². The molecule has 1 N–H and O–H groups in total. The number of halogens is 1. The van der Waals surface area contributed by atoms with E-state index in [1.807, 2.05) is 0 Å². The molecule has 0 amide bonds. The first-order valence-electron chi connectivity index (χ1n) is 5.76. The van der Waals surface area contributed by atoms with E-state index in [0.717, 1.165) is 13.1 Å². The maximum absolute atomic E-state index is 8.92. The van der Waals surface area contributed by atoms with Crippen LogP contribution in [-0.2, 0) is 0 Å². The smallest absolute Gasteiger partial charge is 0.225 e. The quantitative estimate of drug-likeness (QED) is 0.880. The van der Waals surface area contributed by atoms with Gasteiger partial charge in [-0.1, -0.05) is 32.4 Å². The van der Waals surface area contributed by atoms with Crippen molar-refractivity contribution in [2.24, 2.45) is 5.41 Å². The molecule has 96 valence electrons. The largest absolute Gasteiger partial charge is 0.396 e. The molecule has 0 radical (unpaired) electrons. The maximum Gasteiger partial charge on any atom is 0.225 e. The molecule has 0 aliphatic rings. The number of hydrogen-bond acceptors (Lipinski definition) is 4. The van der Waals surface area contributed by atoms with Gasteiger partial charge in [-0.25, -0.2) is 9.97 Å². The van der Waals surface area contributed by atoms with E-state index in [1.165, 1.54) is 0 Å². The number of aliphatic hydroxyl groups is 1. The minimum absolute atomic E-state index is 0.151. The summed E-state index contributed by atoms with van der Waals surface area (Å²) in [4.78, 5) is 10.5. The molecule has 0 spiro atoms. The lowest BCUT2D eigenvalue weighted by Gasteiger charge is -2.29. The molecule has 1 rings (SSSR count). The van der Waals surface area contributed by atoms with E-state index in [1.54, 1.807) is 12.4 Å². The fourth-order valence-corrected chi connectivity index (χ4v) is 1.65. The van der Waals surface area contributed by atoms with Crippen molar-refractivity contribution < 1.29 is 5.11 Å². The third kappa shape index (κ3) is 5.33. The number of aromatic nitrogens is 2. The normalized spacial score (nSPS) is 11.6. The molecule has 0 saturated carbocycles. The second kappa shape index (κ2) is 6.17. The van der Waals surface area contributed by atoms with Crippen molar-refractivity contribution in [3.63, 3.8) is 0 Å². The van der Waals surface area contributed by atoms with Crippen LogP contribution in [0.2, 0.25) is 5.02 Å². The molecule has 0 unspecified atom stereocenters. The summed E-state index contributed by atoms with van der Waals surface area (Å²) in [6.45, 7) is 8.25. The molecule has 0 fully saturated rings. The van der Waals surface area contributed by atoms with Crippen molar-refractivity contribution in [3.05, 3.63) is 17.4 Å². The highest BCUT2D eigenvalue weighted by atomic mass is 35.5. The van der Waals surface area contributed by atoms with Gasteiger partial charge in [0.15, 0.2) is 0 Å². The number of rotatable bonds is 5. The van der Waals surface area contributed by atoms with Crippen LogP contribution >= 0.6 is 11.6 Å². The third-order valence-corrected chi connectivity index (χ3v) is 2.34. The lowest BCUT2D eigenvalue weighted by molar-refractivity contribution is 0.286. The summed E-state index contributed by atoms with van der Waals surface area (Å²) >= 11 is 5.77. The highest BCUT2D eigenvalue weighted by Crippen LogP contribution is 2.19. The fraction of sp³-hybridized carbons (Fsp3) is 0.667. The van der Waals surface area contributed by atoms with E-state index in [-0.39, 0.29) is 12.0 Å². The van der Waals surface area contributed by atoms with Gasteiger partial charge in [0.1, 0.15) is 0 Å². The standard InChI is InChI=1S/C12H20ClN3O/c1-12(2,3)9-16(5-4-6-17)11-14-7-10(13)8-15-11/h7-8,17H,4-6,9H2,1-3H3. The Morgan fingerprint density at radius 2 is 1.88 bits per heavy atom. The summed E-state index contributed by atoms with van der Waals surface area (Å²) in [5, 5.41) is 9.45. The molecule has 1 aromatic rings. The van der Waals surface area contributed by atoms with Crippen LogP contribution in [0.1, 0.15) is 27.2 Å². The van der Waals surface area contributed by atoms with Crippen molar-refractivity contribution in [2.75, 3.05) is 24.6 Å². The van der Waals surface area contributed by atoms with Crippen LogP contribution in [0, 0.1) is 5.41 Å². The predicted octanol–water partition coefficient (Wildman–Crippen LogP) is 2.36. The van der Waals surface area contributed by atoms with Crippen LogP contribution in [0.3, 0.4) is 0 Å². The maximum atomic E-state index is 8.92. The highest BCUT2D eigenvalue weighted by molar-refractivity contribution is 6.30. The zero-order chi connectivity index (χ0) is 12.9. The number of anilines is 1. The van der Waals surface area contributed by atoms with Crippen LogP contribution in [0.5, 0.6) is 0 Å². The van der Waals surface area contributed by atoms with Gasteiger partial charge in [-0.15, -0.1) is 0 Å². The SMILES string of the molecule is CC(C)(C)CN(CCCO)c1ncc(Cl)cn1. The molecule has 1 aromatic heterocycles. The molecule has 5 heteroatoms. The lowest BCUT2D eigenvalue weighted by Crippen LogP contribution is -2.35. The average Bonchev–Trinajstić information content (AvgIpc) is 2.24. The monoisotopic (exact) mass is 257 g/mol. The van der Waals surface area contributed by atoms with Crippen LogP contribution in [0.15, 0.2) is 12.4 Å². The Labute approximate surface area is 108 Å². The van der Waals surface area contributed by atoms with Crippen molar-refractivity contribution >= 4 is 17.5 Å². The Morgan fingerprint density at radius 1 is 1.29 bits per heavy atom. The Bertz CT molecular complexity index is 335. The summed E-state index contributed by atoms with van der Waals surface area (Å²) in [5.74, 6) is 0.665. The first-order chi connectivity index (χ1) is 7.92. The van der Waals surface area contributed by atoms with Gasteiger partial charge in [-0.2, -0.15) is 0 Å². The van der Waals surface area contributed by atoms with Gasteiger partial charge in [-0.05, 0) is 11.8 Å².